The van der Waals surface area contributed by atoms with Gasteiger partial charge < -0.3 is 14.9 Å². The number of aliphatic hydroxyl groups excluding tert-OH is 1. The van der Waals surface area contributed by atoms with Crippen LogP contribution in [-0.2, 0) is 9.59 Å². The van der Waals surface area contributed by atoms with E-state index in [0.29, 0.717) is 12.1 Å². The number of amides is 1. The van der Waals surface area contributed by atoms with Gasteiger partial charge in [-0.25, -0.2) is 0 Å². The molecule has 1 N–H and O–H groups in total. The maximum absolute atomic E-state index is 12.9. The second-order valence-corrected chi connectivity index (χ2v) is 8.96. The van der Waals surface area contributed by atoms with Crippen molar-refractivity contribution in [2.75, 3.05) is 27.2 Å². The van der Waals surface area contributed by atoms with E-state index in [-0.39, 0.29) is 11.3 Å². The van der Waals surface area contributed by atoms with Crippen molar-refractivity contribution >= 4 is 44.7 Å². The molecule has 1 amide bonds. The summed E-state index contributed by atoms with van der Waals surface area (Å²) in [6.07, 6.45) is 0.749. The molecule has 0 bridgehead atoms. The summed E-state index contributed by atoms with van der Waals surface area (Å²) in [5.74, 6) is -1.30. The van der Waals surface area contributed by atoms with Gasteiger partial charge in [0.05, 0.1) is 11.6 Å². The van der Waals surface area contributed by atoms with Gasteiger partial charge in [-0.3, -0.25) is 9.59 Å². The average Bonchev–Trinajstić information content (AvgIpc) is 3.25. The summed E-state index contributed by atoms with van der Waals surface area (Å²) < 4.78 is 0.919. The van der Waals surface area contributed by atoms with Crippen LogP contribution >= 0.6 is 27.3 Å². The first-order chi connectivity index (χ1) is 13.3. The number of carbonyl (C=O) groups excluding carboxylic acids is 2. The minimum absolute atomic E-state index is 0.123. The SMILES string of the molecule is Cc1cc(/C(O)=C2/C(=O)C(=O)N(CCCN(C)C)C2c2cccs2)ccc1Br. The number of aliphatic hydroxyl groups is 1. The molecule has 28 heavy (non-hydrogen) atoms. The van der Waals surface area contributed by atoms with E-state index in [9.17, 15) is 14.7 Å². The quantitative estimate of drug-likeness (QED) is 0.397. The number of carbonyl (C=O) groups is 2. The Morgan fingerprint density at radius 3 is 2.64 bits per heavy atom. The predicted octanol–water partition coefficient (Wildman–Crippen LogP) is 4.19. The van der Waals surface area contributed by atoms with Crippen molar-refractivity contribution < 1.29 is 14.7 Å². The molecular weight excluding hydrogens is 440 g/mol. The number of rotatable bonds is 6. The minimum Gasteiger partial charge on any atom is -0.507 e. The van der Waals surface area contributed by atoms with Crippen LogP contribution in [0.15, 0.2) is 45.8 Å². The maximum Gasteiger partial charge on any atom is 0.295 e. The van der Waals surface area contributed by atoms with E-state index in [0.717, 1.165) is 27.9 Å². The van der Waals surface area contributed by atoms with E-state index < -0.39 is 17.7 Å². The van der Waals surface area contributed by atoms with Crippen LogP contribution in [0.1, 0.15) is 28.5 Å². The highest BCUT2D eigenvalue weighted by Gasteiger charge is 2.46. The second-order valence-electron chi connectivity index (χ2n) is 7.13. The summed E-state index contributed by atoms with van der Waals surface area (Å²) in [4.78, 5) is 30.1. The fourth-order valence-corrected chi connectivity index (χ4v) is 4.45. The Morgan fingerprint density at radius 2 is 2.04 bits per heavy atom. The molecule has 0 spiro atoms. The van der Waals surface area contributed by atoms with Crippen LogP contribution in [0.4, 0.5) is 0 Å². The van der Waals surface area contributed by atoms with Crippen molar-refractivity contribution in [2.24, 2.45) is 0 Å². The molecule has 1 fully saturated rings. The van der Waals surface area contributed by atoms with Crippen LogP contribution in [0.2, 0.25) is 0 Å². The molecule has 2 heterocycles. The minimum atomic E-state index is -0.624. The van der Waals surface area contributed by atoms with Gasteiger partial charge in [-0.2, -0.15) is 0 Å². The van der Waals surface area contributed by atoms with Gasteiger partial charge in [0, 0.05) is 21.5 Å². The van der Waals surface area contributed by atoms with E-state index in [1.54, 1.807) is 11.0 Å². The molecule has 1 saturated heterocycles. The van der Waals surface area contributed by atoms with Crippen LogP contribution in [-0.4, -0.2) is 53.8 Å². The van der Waals surface area contributed by atoms with Gasteiger partial charge in [-0.15, -0.1) is 11.3 Å². The van der Waals surface area contributed by atoms with Crippen molar-refractivity contribution in [3.05, 3.63) is 61.8 Å². The Hall–Kier alpha value is -1.96. The zero-order valence-corrected chi connectivity index (χ0v) is 18.5. The molecule has 1 aliphatic rings. The standard InChI is InChI=1S/C21H23BrN2O3S/c1-13-12-14(7-8-15(13)22)19(25)17-18(16-6-4-11-28-16)24(21(27)20(17)26)10-5-9-23(2)3/h4,6-8,11-12,18,25H,5,9-10H2,1-3H3/b19-17-. The number of benzene rings is 1. The van der Waals surface area contributed by atoms with Crippen molar-refractivity contribution in [3.8, 4) is 0 Å². The fourth-order valence-electron chi connectivity index (χ4n) is 3.36. The Kier molecular flexibility index (Phi) is 6.37. The van der Waals surface area contributed by atoms with Crippen LogP contribution in [0, 0.1) is 6.92 Å². The van der Waals surface area contributed by atoms with Gasteiger partial charge in [-0.05, 0) is 63.1 Å². The fraction of sp³-hybridized carbons (Fsp3) is 0.333. The van der Waals surface area contributed by atoms with E-state index in [1.807, 2.05) is 55.6 Å². The Bertz CT molecular complexity index is 922. The monoisotopic (exact) mass is 462 g/mol. The number of halogens is 1. The third-order valence-corrected chi connectivity index (χ3v) is 6.60. The Morgan fingerprint density at radius 1 is 1.29 bits per heavy atom. The Balaban J connectivity index is 2.05. The van der Waals surface area contributed by atoms with Gasteiger partial charge in [0.1, 0.15) is 5.76 Å². The molecule has 1 atom stereocenters. The van der Waals surface area contributed by atoms with Crippen molar-refractivity contribution in [1.82, 2.24) is 9.80 Å². The first-order valence-electron chi connectivity index (χ1n) is 9.04. The summed E-state index contributed by atoms with van der Waals surface area (Å²) in [5, 5.41) is 12.9. The average molecular weight is 463 g/mol. The molecule has 148 valence electrons. The molecule has 1 aromatic heterocycles. The number of Topliss-reactive ketones (excluding diaryl/α,β-unsaturated/α-hetero) is 1. The third-order valence-electron chi connectivity index (χ3n) is 4.79. The van der Waals surface area contributed by atoms with Crippen molar-refractivity contribution in [3.63, 3.8) is 0 Å². The number of hydrogen-bond donors (Lipinski definition) is 1. The second kappa shape index (κ2) is 8.59. The number of likely N-dealkylation sites (tertiary alicyclic amines) is 1. The number of aryl methyl sites for hydroxylation is 1. The molecule has 1 aliphatic heterocycles. The number of thiophene rings is 1. The molecule has 3 rings (SSSR count). The number of ketones is 1. The molecular formula is C21H23BrN2O3S. The summed E-state index contributed by atoms with van der Waals surface area (Å²) >= 11 is 4.93. The Labute approximate surface area is 177 Å². The van der Waals surface area contributed by atoms with Gasteiger partial charge >= 0.3 is 0 Å². The molecule has 1 unspecified atom stereocenters. The van der Waals surface area contributed by atoms with Crippen LogP contribution in [0.25, 0.3) is 5.76 Å². The lowest BCUT2D eigenvalue weighted by Gasteiger charge is -2.24. The topological polar surface area (TPSA) is 60.9 Å². The van der Waals surface area contributed by atoms with E-state index in [4.69, 9.17) is 0 Å². The van der Waals surface area contributed by atoms with Crippen LogP contribution < -0.4 is 0 Å². The normalized spacial score (nSPS) is 19.0. The molecule has 0 saturated carbocycles. The highest BCUT2D eigenvalue weighted by Crippen LogP contribution is 2.41. The van der Waals surface area contributed by atoms with Crippen LogP contribution in [0.3, 0.4) is 0 Å². The number of nitrogens with zero attached hydrogens (tertiary/aromatic N) is 2. The summed E-state index contributed by atoms with van der Waals surface area (Å²) in [7, 11) is 3.95. The molecule has 2 aromatic rings. The van der Waals surface area contributed by atoms with Gasteiger partial charge in [0.15, 0.2) is 0 Å². The maximum atomic E-state index is 12.9. The smallest absolute Gasteiger partial charge is 0.295 e. The summed E-state index contributed by atoms with van der Waals surface area (Å²) in [5.41, 5.74) is 1.64. The first-order valence-corrected chi connectivity index (χ1v) is 10.7. The van der Waals surface area contributed by atoms with E-state index >= 15 is 0 Å². The molecule has 7 heteroatoms. The summed E-state index contributed by atoms with van der Waals surface area (Å²) in [6, 6.07) is 8.63. The number of hydrogen-bond acceptors (Lipinski definition) is 5. The third kappa shape index (κ3) is 4.06. The summed E-state index contributed by atoms with van der Waals surface area (Å²) in [6.45, 7) is 3.19. The lowest BCUT2D eigenvalue weighted by molar-refractivity contribution is -0.139. The zero-order chi connectivity index (χ0) is 20.4. The van der Waals surface area contributed by atoms with Gasteiger partial charge in [0.25, 0.3) is 11.7 Å². The largest absolute Gasteiger partial charge is 0.507 e. The zero-order valence-electron chi connectivity index (χ0n) is 16.1. The van der Waals surface area contributed by atoms with E-state index in [2.05, 4.69) is 15.9 Å². The lowest BCUT2D eigenvalue weighted by Crippen LogP contribution is -2.32. The lowest BCUT2D eigenvalue weighted by atomic mass is 9.99. The molecule has 5 nitrogen and oxygen atoms in total. The highest BCUT2D eigenvalue weighted by molar-refractivity contribution is 9.10. The van der Waals surface area contributed by atoms with Gasteiger partial charge in [-0.1, -0.05) is 28.1 Å². The van der Waals surface area contributed by atoms with Crippen molar-refractivity contribution in [2.45, 2.75) is 19.4 Å². The van der Waals surface area contributed by atoms with E-state index in [1.165, 1.54) is 11.3 Å². The van der Waals surface area contributed by atoms with Crippen LogP contribution in [0.5, 0.6) is 0 Å². The first kappa shape index (κ1) is 20.8. The van der Waals surface area contributed by atoms with Gasteiger partial charge in [0.2, 0.25) is 0 Å². The highest BCUT2D eigenvalue weighted by atomic mass is 79.9. The van der Waals surface area contributed by atoms with Crippen molar-refractivity contribution in [1.29, 1.82) is 0 Å². The molecule has 0 radical (unpaired) electrons. The predicted molar refractivity (Wildman–Crippen MR) is 115 cm³/mol. The molecule has 0 aliphatic carbocycles. The molecule has 1 aromatic carbocycles.